The SMILES string of the molecule is CCC(CC)(C(=O)O)N(C)C(C)C. The fraction of sp³-hybridized carbons (Fsp3) is 0.900. The lowest BCUT2D eigenvalue weighted by Gasteiger charge is -2.39. The minimum absolute atomic E-state index is 0.260. The van der Waals surface area contributed by atoms with Crippen molar-refractivity contribution in [3.8, 4) is 0 Å². The average Bonchev–Trinajstić information content (AvgIpc) is 2.06. The Labute approximate surface area is 80.7 Å². The van der Waals surface area contributed by atoms with Gasteiger partial charge in [-0.1, -0.05) is 13.8 Å². The van der Waals surface area contributed by atoms with Crippen LogP contribution in [0.2, 0.25) is 0 Å². The molecule has 0 aromatic carbocycles. The molecule has 78 valence electrons. The molecule has 0 heterocycles. The van der Waals surface area contributed by atoms with Crippen LogP contribution >= 0.6 is 0 Å². The summed E-state index contributed by atoms with van der Waals surface area (Å²) in [7, 11) is 1.88. The maximum atomic E-state index is 11.2. The molecule has 13 heavy (non-hydrogen) atoms. The van der Waals surface area contributed by atoms with Gasteiger partial charge in [-0.25, -0.2) is 0 Å². The maximum Gasteiger partial charge on any atom is 0.324 e. The second kappa shape index (κ2) is 4.61. The Morgan fingerprint density at radius 1 is 1.38 bits per heavy atom. The van der Waals surface area contributed by atoms with Crippen molar-refractivity contribution in [2.24, 2.45) is 0 Å². The molecular weight excluding hydrogens is 166 g/mol. The first-order valence-electron chi connectivity index (χ1n) is 4.88. The van der Waals surface area contributed by atoms with Gasteiger partial charge in [0.15, 0.2) is 0 Å². The van der Waals surface area contributed by atoms with Crippen molar-refractivity contribution in [2.75, 3.05) is 7.05 Å². The van der Waals surface area contributed by atoms with Gasteiger partial charge in [0.1, 0.15) is 5.54 Å². The minimum Gasteiger partial charge on any atom is -0.480 e. The molecule has 1 N–H and O–H groups in total. The van der Waals surface area contributed by atoms with E-state index in [9.17, 15) is 9.90 Å². The third kappa shape index (κ3) is 2.21. The molecule has 0 aliphatic rings. The van der Waals surface area contributed by atoms with E-state index in [1.54, 1.807) is 0 Å². The Balaban J connectivity index is 4.86. The fourth-order valence-corrected chi connectivity index (χ4v) is 1.70. The number of likely N-dealkylation sites (N-methyl/N-ethyl adjacent to an activating group) is 1. The highest BCUT2D eigenvalue weighted by molar-refractivity contribution is 5.78. The highest BCUT2D eigenvalue weighted by Gasteiger charge is 2.39. The Morgan fingerprint density at radius 2 is 1.77 bits per heavy atom. The number of aliphatic carboxylic acids is 1. The Morgan fingerprint density at radius 3 is 1.85 bits per heavy atom. The smallest absolute Gasteiger partial charge is 0.324 e. The number of carbonyl (C=O) groups is 1. The third-order valence-corrected chi connectivity index (χ3v) is 3.02. The molecule has 3 heteroatoms. The van der Waals surface area contributed by atoms with Crippen LogP contribution in [0.4, 0.5) is 0 Å². The topological polar surface area (TPSA) is 40.5 Å². The van der Waals surface area contributed by atoms with Crippen molar-refractivity contribution in [2.45, 2.75) is 52.1 Å². The fourth-order valence-electron chi connectivity index (χ4n) is 1.70. The van der Waals surface area contributed by atoms with E-state index in [4.69, 9.17) is 0 Å². The van der Waals surface area contributed by atoms with E-state index in [0.717, 1.165) is 0 Å². The van der Waals surface area contributed by atoms with E-state index in [0.29, 0.717) is 12.8 Å². The predicted molar refractivity (Wildman–Crippen MR) is 53.8 cm³/mol. The minimum atomic E-state index is -0.714. The average molecular weight is 187 g/mol. The van der Waals surface area contributed by atoms with E-state index in [2.05, 4.69) is 0 Å². The van der Waals surface area contributed by atoms with Crippen molar-refractivity contribution in [1.29, 1.82) is 0 Å². The molecule has 0 bridgehead atoms. The van der Waals surface area contributed by atoms with Crippen LogP contribution in [0.1, 0.15) is 40.5 Å². The van der Waals surface area contributed by atoms with Crippen LogP contribution in [0.5, 0.6) is 0 Å². The van der Waals surface area contributed by atoms with Gasteiger partial charge in [0.25, 0.3) is 0 Å². The lowest BCUT2D eigenvalue weighted by atomic mass is 9.90. The van der Waals surface area contributed by atoms with Crippen LogP contribution in [0, 0.1) is 0 Å². The van der Waals surface area contributed by atoms with Crippen molar-refractivity contribution in [3.05, 3.63) is 0 Å². The van der Waals surface area contributed by atoms with Gasteiger partial charge in [-0.15, -0.1) is 0 Å². The molecule has 0 aromatic heterocycles. The maximum absolute atomic E-state index is 11.2. The molecule has 0 aliphatic heterocycles. The van der Waals surface area contributed by atoms with Crippen LogP contribution in [0.25, 0.3) is 0 Å². The first-order chi connectivity index (χ1) is 5.92. The van der Waals surface area contributed by atoms with Crippen LogP contribution < -0.4 is 0 Å². The van der Waals surface area contributed by atoms with E-state index < -0.39 is 11.5 Å². The second-order valence-electron chi connectivity index (χ2n) is 3.75. The van der Waals surface area contributed by atoms with Crippen LogP contribution in [0.3, 0.4) is 0 Å². The van der Waals surface area contributed by atoms with E-state index in [1.807, 2.05) is 39.6 Å². The largest absolute Gasteiger partial charge is 0.480 e. The molecule has 0 unspecified atom stereocenters. The van der Waals surface area contributed by atoms with Gasteiger partial charge in [0.05, 0.1) is 0 Å². The zero-order chi connectivity index (χ0) is 10.6. The van der Waals surface area contributed by atoms with E-state index >= 15 is 0 Å². The summed E-state index contributed by atoms with van der Waals surface area (Å²) in [4.78, 5) is 13.1. The lowest BCUT2D eigenvalue weighted by molar-refractivity contribution is -0.152. The molecule has 0 atom stereocenters. The summed E-state index contributed by atoms with van der Waals surface area (Å²) in [5, 5.41) is 9.20. The van der Waals surface area contributed by atoms with Gasteiger partial charge in [-0.05, 0) is 33.7 Å². The zero-order valence-corrected chi connectivity index (χ0v) is 9.29. The van der Waals surface area contributed by atoms with Crippen LogP contribution in [0.15, 0.2) is 0 Å². The monoisotopic (exact) mass is 187 g/mol. The van der Waals surface area contributed by atoms with Crippen molar-refractivity contribution >= 4 is 5.97 Å². The van der Waals surface area contributed by atoms with Gasteiger partial charge in [0.2, 0.25) is 0 Å². The third-order valence-electron chi connectivity index (χ3n) is 3.02. The first kappa shape index (κ1) is 12.4. The van der Waals surface area contributed by atoms with Gasteiger partial charge in [-0.2, -0.15) is 0 Å². The Bertz CT molecular complexity index is 174. The van der Waals surface area contributed by atoms with Crippen LogP contribution in [-0.2, 0) is 4.79 Å². The molecule has 0 radical (unpaired) electrons. The van der Waals surface area contributed by atoms with Gasteiger partial charge < -0.3 is 5.11 Å². The second-order valence-corrected chi connectivity index (χ2v) is 3.75. The van der Waals surface area contributed by atoms with Crippen molar-refractivity contribution in [3.63, 3.8) is 0 Å². The number of rotatable bonds is 5. The standard InChI is InChI=1S/C10H21NO2/c1-6-10(7-2,9(12)13)11(5)8(3)4/h8H,6-7H2,1-5H3,(H,12,13). The van der Waals surface area contributed by atoms with Crippen LogP contribution in [-0.4, -0.2) is 34.6 Å². The van der Waals surface area contributed by atoms with Crippen molar-refractivity contribution < 1.29 is 9.90 Å². The predicted octanol–water partition coefficient (Wildman–Crippen LogP) is 1.97. The Kier molecular flexibility index (Phi) is 4.40. The highest BCUT2D eigenvalue weighted by Crippen LogP contribution is 2.24. The highest BCUT2D eigenvalue weighted by atomic mass is 16.4. The summed E-state index contributed by atoms with van der Waals surface area (Å²) in [6.45, 7) is 7.89. The summed E-state index contributed by atoms with van der Waals surface area (Å²) in [5.74, 6) is -0.714. The van der Waals surface area contributed by atoms with Gasteiger partial charge >= 0.3 is 5.97 Å². The molecule has 0 fully saturated rings. The molecule has 3 nitrogen and oxygen atoms in total. The Hall–Kier alpha value is -0.570. The summed E-state index contributed by atoms with van der Waals surface area (Å²) in [6.07, 6.45) is 1.29. The van der Waals surface area contributed by atoms with Gasteiger partial charge in [0, 0.05) is 6.04 Å². The molecule has 0 rings (SSSR count). The number of carboxylic acid groups (broad SMARTS) is 1. The summed E-state index contributed by atoms with van der Waals surface area (Å²) in [6, 6.07) is 0.260. The molecular formula is C10H21NO2. The zero-order valence-electron chi connectivity index (χ0n) is 9.29. The molecule has 0 saturated heterocycles. The first-order valence-corrected chi connectivity index (χ1v) is 4.88. The summed E-state index contributed by atoms with van der Waals surface area (Å²) in [5.41, 5.74) is -0.686. The molecule has 0 saturated carbocycles. The normalized spacial score (nSPS) is 12.5. The lowest BCUT2D eigenvalue weighted by Crippen LogP contribution is -2.54. The molecule has 0 amide bonds. The molecule has 0 aliphatic carbocycles. The van der Waals surface area contributed by atoms with E-state index in [-0.39, 0.29) is 6.04 Å². The molecule has 0 spiro atoms. The summed E-state index contributed by atoms with van der Waals surface area (Å²) < 4.78 is 0. The van der Waals surface area contributed by atoms with Gasteiger partial charge in [-0.3, -0.25) is 9.69 Å². The van der Waals surface area contributed by atoms with Crippen molar-refractivity contribution in [1.82, 2.24) is 4.90 Å². The number of nitrogens with zero attached hydrogens (tertiary/aromatic N) is 1. The van der Waals surface area contributed by atoms with E-state index in [1.165, 1.54) is 0 Å². The number of carboxylic acids is 1. The summed E-state index contributed by atoms with van der Waals surface area (Å²) >= 11 is 0. The number of hydrogen-bond donors (Lipinski definition) is 1. The molecule has 0 aromatic rings. The number of hydrogen-bond acceptors (Lipinski definition) is 2. The quantitative estimate of drug-likeness (QED) is 0.715.